The average Bonchev–Trinajstić information content (AvgIpc) is 3.08. The van der Waals surface area contributed by atoms with Gasteiger partial charge in [-0.25, -0.2) is 0 Å². The van der Waals surface area contributed by atoms with Crippen LogP contribution in [0.1, 0.15) is 22.6 Å². The highest BCUT2D eigenvalue weighted by Gasteiger charge is 2.09. The lowest BCUT2D eigenvalue weighted by Crippen LogP contribution is -2.03. The number of halogens is 1. The number of benzene rings is 2. The molecule has 0 radical (unpaired) electrons. The van der Waals surface area contributed by atoms with Gasteiger partial charge in [-0.05, 0) is 36.6 Å². The summed E-state index contributed by atoms with van der Waals surface area (Å²) < 4.78 is 11.1. The maximum atomic E-state index is 5.83. The molecule has 3 aromatic rings. The van der Waals surface area contributed by atoms with Crippen LogP contribution in [0.2, 0.25) is 0 Å². The van der Waals surface area contributed by atoms with Crippen LogP contribution in [-0.2, 0) is 13.0 Å². The molecule has 0 atom stereocenters. The fourth-order valence-corrected chi connectivity index (χ4v) is 2.39. The summed E-state index contributed by atoms with van der Waals surface area (Å²) in [4.78, 5) is 4.42. The van der Waals surface area contributed by atoms with Gasteiger partial charge in [-0.3, -0.25) is 0 Å². The Morgan fingerprint density at radius 2 is 1.84 bits per heavy atom. The second-order valence-corrected chi connectivity index (χ2v) is 5.71. The van der Waals surface area contributed by atoms with E-state index in [-0.39, 0.29) is 12.4 Å². The van der Waals surface area contributed by atoms with Crippen molar-refractivity contribution in [3.63, 3.8) is 0 Å². The topological polar surface area (TPSA) is 74.2 Å². The summed E-state index contributed by atoms with van der Waals surface area (Å²) in [5, 5.41) is 4.03. The number of aromatic nitrogens is 2. The van der Waals surface area contributed by atoms with Crippen molar-refractivity contribution in [3.05, 3.63) is 65.0 Å². The van der Waals surface area contributed by atoms with Crippen molar-refractivity contribution in [2.24, 2.45) is 5.73 Å². The van der Waals surface area contributed by atoms with Gasteiger partial charge in [-0.1, -0.05) is 41.6 Å². The van der Waals surface area contributed by atoms with Gasteiger partial charge in [0.15, 0.2) is 0 Å². The highest BCUT2D eigenvalue weighted by Crippen LogP contribution is 2.21. The van der Waals surface area contributed by atoms with E-state index in [4.69, 9.17) is 15.0 Å². The Labute approximate surface area is 153 Å². The molecule has 1 heterocycles. The van der Waals surface area contributed by atoms with Gasteiger partial charge < -0.3 is 15.0 Å². The summed E-state index contributed by atoms with van der Waals surface area (Å²) in [5.41, 5.74) is 9.96. The number of nitrogens with two attached hydrogens (primary N) is 1. The monoisotopic (exact) mass is 359 g/mol. The summed E-state index contributed by atoms with van der Waals surface area (Å²) >= 11 is 0. The van der Waals surface area contributed by atoms with Gasteiger partial charge >= 0.3 is 0 Å². The minimum Gasteiger partial charge on any atom is -0.493 e. The molecule has 0 spiro atoms. The van der Waals surface area contributed by atoms with Gasteiger partial charge in [0, 0.05) is 12.1 Å². The zero-order valence-electron chi connectivity index (χ0n) is 14.4. The molecular formula is C19H22ClN3O2. The molecule has 0 aliphatic carbocycles. The number of hydrogen-bond donors (Lipinski definition) is 1. The van der Waals surface area contributed by atoms with Crippen molar-refractivity contribution in [3.8, 4) is 17.1 Å². The maximum Gasteiger partial charge on any atom is 0.230 e. The summed E-state index contributed by atoms with van der Waals surface area (Å²) in [6, 6.07) is 13.9. The summed E-state index contributed by atoms with van der Waals surface area (Å²) in [6.45, 7) is 5.15. The molecule has 0 saturated heterocycles. The maximum absolute atomic E-state index is 5.83. The van der Waals surface area contributed by atoms with Crippen molar-refractivity contribution in [2.45, 2.75) is 26.8 Å². The number of aryl methyl sites for hydroxylation is 1. The lowest BCUT2D eigenvalue weighted by molar-refractivity contribution is 0.291. The van der Waals surface area contributed by atoms with Gasteiger partial charge in [0.1, 0.15) is 5.75 Å². The quantitative estimate of drug-likeness (QED) is 0.723. The normalized spacial score (nSPS) is 10.4. The molecule has 0 amide bonds. The highest BCUT2D eigenvalue weighted by atomic mass is 35.5. The Morgan fingerprint density at radius 1 is 1.08 bits per heavy atom. The van der Waals surface area contributed by atoms with Crippen LogP contribution in [-0.4, -0.2) is 16.7 Å². The first-order valence-electron chi connectivity index (χ1n) is 7.98. The zero-order chi connectivity index (χ0) is 16.9. The van der Waals surface area contributed by atoms with E-state index < -0.39 is 0 Å². The van der Waals surface area contributed by atoms with Gasteiger partial charge in [0.2, 0.25) is 11.7 Å². The van der Waals surface area contributed by atoms with E-state index in [2.05, 4.69) is 30.1 Å². The number of rotatable bonds is 6. The van der Waals surface area contributed by atoms with Crippen LogP contribution >= 0.6 is 12.4 Å². The Balaban J connectivity index is 0.00000225. The predicted molar refractivity (Wildman–Crippen MR) is 100.0 cm³/mol. The lowest BCUT2D eigenvalue weighted by atomic mass is 10.1. The zero-order valence-corrected chi connectivity index (χ0v) is 15.2. The van der Waals surface area contributed by atoms with E-state index in [1.165, 1.54) is 5.56 Å². The summed E-state index contributed by atoms with van der Waals surface area (Å²) in [5.74, 6) is 2.05. The molecule has 0 unspecified atom stereocenters. The molecule has 0 aliphatic rings. The number of ether oxygens (including phenoxy) is 1. The third kappa shape index (κ3) is 4.59. The van der Waals surface area contributed by atoms with Gasteiger partial charge in [-0.15, -0.1) is 12.4 Å². The van der Waals surface area contributed by atoms with Crippen molar-refractivity contribution in [2.75, 3.05) is 6.61 Å². The first-order valence-corrected chi connectivity index (χ1v) is 7.98. The Morgan fingerprint density at radius 3 is 2.56 bits per heavy atom. The van der Waals surface area contributed by atoms with Crippen molar-refractivity contribution in [1.82, 2.24) is 10.1 Å². The van der Waals surface area contributed by atoms with Crippen molar-refractivity contribution < 1.29 is 9.26 Å². The Bertz CT molecular complexity index is 816. The molecule has 3 rings (SSSR count). The highest BCUT2D eigenvalue weighted by molar-refractivity contribution is 5.85. The molecule has 0 aliphatic heterocycles. The van der Waals surface area contributed by atoms with Crippen LogP contribution in [0.4, 0.5) is 0 Å². The Hall–Kier alpha value is -2.37. The predicted octanol–water partition coefficient (Wildman–Crippen LogP) is 3.86. The molecule has 0 bridgehead atoms. The molecule has 2 aromatic carbocycles. The largest absolute Gasteiger partial charge is 0.493 e. The van der Waals surface area contributed by atoms with E-state index in [1.807, 2.05) is 36.4 Å². The third-order valence-electron chi connectivity index (χ3n) is 4.04. The number of nitrogens with zero attached hydrogens (tertiary/aromatic N) is 2. The van der Waals surface area contributed by atoms with Crippen LogP contribution in [0.25, 0.3) is 11.4 Å². The Kier molecular flexibility index (Phi) is 6.56. The van der Waals surface area contributed by atoms with E-state index in [9.17, 15) is 0 Å². The SMILES string of the molecule is Cc1cccc(OCCc2nc(-c3ccc(CN)cc3)no2)c1C.Cl. The molecule has 0 fully saturated rings. The van der Waals surface area contributed by atoms with Gasteiger partial charge in [0.25, 0.3) is 0 Å². The number of hydrogen-bond acceptors (Lipinski definition) is 5. The van der Waals surface area contributed by atoms with Crippen LogP contribution in [0.15, 0.2) is 47.0 Å². The summed E-state index contributed by atoms with van der Waals surface area (Å²) in [6.07, 6.45) is 0.571. The molecule has 6 heteroatoms. The smallest absolute Gasteiger partial charge is 0.230 e. The molecule has 132 valence electrons. The van der Waals surface area contributed by atoms with E-state index in [0.29, 0.717) is 31.3 Å². The fraction of sp³-hybridized carbons (Fsp3) is 0.263. The molecule has 2 N–H and O–H groups in total. The van der Waals surface area contributed by atoms with Crippen LogP contribution < -0.4 is 10.5 Å². The second kappa shape index (κ2) is 8.65. The van der Waals surface area contributed by atoms with Gasteiger partial charge in [-0.2, -0.15) is 4.98 Å². The van der Waals surface area contributed by atoms with Crippen LogP contribution in [0, 0.1) is 13.8 Å². The fourth-order valence-electron chi connectivity index (χ4n) is 2.39. The average molecular weight is 360 g/mol. The van der Waals surface area contributed by atoms with E-state index >= 15 is 0 Å². The van der Waals surface area contributed by atoms with Crippen LogP contribution in [0.3, 0.4) is 0 Å². The standard InChI is InChI=1S/C19H21N3O2.ClH/c1-13-4-3-5-17(14(13)2)23-11-10-18-21-19(22-24-18)16-8-6-15(12-20)7-9-16;/h3-9H,10-12,20H2,1-2H3;1H. The lowest BCUT2D eigenvalue weighted by Gasteiger charge is -2.09. The third-order valence-corrected chi connectivity index (χ3v) is 4.04. The first kappa shape index (κ1) is 19.0. The van der Waals surface area contributed by atoms with Crippen LogP contribution in [0.5, 0.6) is 5.75 Å². The molecule has 1 aromatic heterocycles. The molecule has 0 saturated carbocycles. The molecular weight excluding hydrogens is 338 g/mol. The minimum atomic E-state index is 0. The molecule has 25 heavy (non-hydrogen) atoms. The second-order valence-electron chi connectivity index (χ2n) is 5.71. The van der Waals surface area contributed by atoms with E-state index in [1.54, 1.807) is 0 Å². The van der Waals surface area contributed by atoms with Gasteiger partial charge in [0.05, 0.1) is 13.0 Å². The minimum absolute atomic E-state index is 0. The van der Waals surface area contributed by atoms with Crippen molar-refractivity contribution >= 4 is 12.4 Å². The van der Waals surface area contributed by atoms with E-state index in [0.717, 1.165) is 22.4 Å². The molecule has 5 nitrogen and oxygen atoms in total. The summed E-state index contributed by atoms with van der Waals surface area (Å²) in [7, 11) is 0. The first-order chi connectivity index (χ1) is 11.7. The van der Waals surface area contributed by atoms with Crippen molar-refractivity contribution in [1.29, 1.82) is 0 Å².